The summed E-state index contributed by atoms with van der Waals surface area (Å²) in [6.45, 7) is 13.9. The Hall–Kier alpha value is -0.770. The zero-order valence-electron chi connectivity index (χ0n) is 14.6. The van der Waals surface area contributed by atoms with Crippen LogP contribution in [0.5, 0.6) is 5.75 Å². The minimum Gasteiger partial charge on any atom is -0.491 e. The van der Waals surface area contributed by atoms with E-state index in [1.165, 1.54) is 0 Å². The third kappa shape index (κ3) is 8.62. The Morgan fingerprint density at radius 2 is 1.55 bits per heavy atom. The van der Waals surface area contributed by atoms with Gasteiger partial charge >= 0.3 is 0 Å². The van der Waals surface area contributed by atoms with Crippen LogP contribution in [0.2, 0.25) is 0 Å². The second-order valence-corrected chi connectivity index (χ2v) is 6.74. The number of halogens is 1. The lowest BCUT2D eigenvalue weighted by atomic mass is 10.1. The third-order valence-electron chi connectivity index (χ3n) is 3.24. The van der Waals surface area contributed by atoms with Gasteiger partial charge in [0.25, 0.3) is 0 Å². The highest BCUT2D eigenvalue weighted by atomic mass is 35.5. The topological polar surface area (TPSA) is 32.7 Å². The molecule has 0 aromatic heterocycles. The summed E-state index contributed by atoms with van der Waals surface area (Å²) in [6, 6.07) is 7.91. The number of hydrogen-bond donors (Lipinski definition) is 1. The molecule has 0 saturated carbocycles. The van der Waals surface area contributed by atoms with E-state index in [0.29, 0.717) is 25.0 Å². The SMILES string of the molecule is Cc1ccccc1OCC(O)CN(CC(C)C)CC(C)C.Cl. The van der Waals surface area contributed by atoms with Gasteiger partial charge in [-0.3, -0.25) is 0 Å². The fraction of sp³-hybridized carbons (Fsp3) is 0.667. The van der Waals surface area contributed by atoms with Gasteiger partial charge in [0.15, 0.2) is 0 Å². The first-order chi connectivity index (χ1) is 9.88. The van der Waals surface area contributed by atoms with Gasteiger partial charge in [0.1, 0.15) is 18.5 Å². The molecule has 22 heavy (non-hydrogen) atoms. The molecule has 1 N–H and O–H groups in total. The van der Waals surface area contributed by atoms with Gasteiger partial charge < -0.3 is 14.7 Å². The van der Waals surface area contributed by atoms with E-state index in [1.807, 2.05) is 31.2 Å². The molecule has 0 aliphatic rings. The summed E-state index contributed by atoms with van der Waals surface area (Å²) >= 11 is 0. The number of ether oxygens (including phenoxy) is 1. The van der Waals surface area contributed by atoms with Crippen molar-refractivity contribution in [3.63, 3.8) is 0 Å². The molecule has 3 nitrogen and oxygen atoms in total. The Labute approximate surface area is 142 Å². The van der Waals surface area contributed by atoms with Crippen LogP contribution in [0.4, 0.5) is 0 Å². The van der Waals surface area contributed by atoms with E-state index < -0.39 is 6.10 Å². The van der Waals surface area contributed by atoms with E-state index in [1.54, 1.807) is 0 Å². The molecule has 0 spiro atoms. The van der Waals surface area contributed by atoms with E-state index in [-0.39, 0.29) is 12.4 Å². The minimum absolute atomic E-state index is 0. The average molecular weight is 330 g/mol. The van der Waals surface area contributed by atoms with Crippen molar-refractivity contribution >= 4 is 12.4 Å². The van der Waals surface area contributed by atoms with Crippen LogP contribution in [0.3, 0.4) is 0 Å². The number of benzene rings is 1. The fourth-order valence-electron chi connectivity index (χ4n) is 2.51. The molecule has 0 heterocycles. The van der Waals surface area contributed by atoms with E-state index in [2.05, 4.69) is 32.6 Å². The van der Waals surface area contributed by atoms with Gasteiger partial charge in [-0.05, 0) is 30.4 Å². The van der Waals surface area contributed by atoms with Crippen molar-refractivity contribution in [3.8, 4) is 5.75 Å². The molecule has 0 fully saturated rings. The molecular formula is C18H32ClNO2. The third-order valence-corrected chi connectivity index (χ3v) is 3.24. The predicted octanol–water partition coefficient (Wildman–Crippen LogP) is 3.77. The number of para-hydroxylation sites is 1. The second kappa shape index (κ2) is 10.9. The molecule has 0 saturated heterocycles. The first-order valence-electron chi connectivity index (χ1n) is 7.97. The van der Waals surface area contributed by atoms with E-state index in [0.717, 1.165) is 24.4 Å². The van der Waals surface area contributed by atoms with Crippen LogP contribution in [0.1, 0.15) is 33.3 Å². The number of aliphatic hydroxyl groups is 1. The fourth-order valence-corrected chi connectivity index (χ4v) is 2.51. The molecule has 0 aliphatic carbocycles. The van der Waals surface area contributed by atoms with Gasteiger partial charge in [0.2, 0.25) is 0 Å². The van der Waals surface area contributed by atoms with Gasteiger partial charge in [-0.25, -0.2) is 0 Å². The second-order valence-electron chi connectivity index (χ2n) is 6.74. The summed E-state index contributed by atoms with van der Waals surface area (Å²) in [7, 11) is 0. The Kier molecular flexibility index (Phi) is 10.5. The molecular weight excluding hydrogens is 298 g/mol. The van der Waals surface area contributed by atoms with E-state index in [4.69, 9.17) is 4.74 Å². The summed E-state index contributed by atoms with van der Waals surface area (Å²) in [4.78, 5) is 2.33. The van der Waals surface area contributed by atoms with Crippen LogP contribution < -0.4 is 4.74 Å². The number of rotatable bonds is 9. The van der Waals surface area contributed by atoms with Crippen LogP contribution >= 0.6 is 12.4 Å². The minimum atomic E-state index is -0.456. The molecule has 128 valence electrons. The standard InChI is InChI=1S/C18H31NO2.ClH/c1-14(2)10-19(11-15(3)4)12-17(20)13-21-18-9-7-6-8-16(18)5;/h6-9,14-15,17,20H,10-13H2,1-5H3;1H. The summed E-state index contributed by atoms with van der Waals surface area (Å²) in [5.74, 6) is 2.07. The first-order valence-corrected chi connectivity index (χ1v) is 7.97. The van der Waals surface area contributed by atoms with Crippen molar-refractivity contribution < 1.29 is 9.84 Å². The molecule has 1 unspecified atom stereocenters. The summed E-state index contributed by atoms with van der Waals surface area (Å²) < 4.78 is 5.73. The molecule has 1 atom stereocenters. The Morgan fingerprint density at radius 3 is 2.05 bits per heavy atom. The number of hydrogen-bond acceptors (Lipinski definition) is 3. The first kappa shape index (κ1) is 21.2. The van der Waals surface area contributed by atoms with Crippen LogP contribution in [0, 0.1) is 18.8 Å². The maximum absolute atomic E-state index is 10.2. The molecule has 4 heteroatoms. The lowest BCUT2D eigenvalue weighted by molar-refractivity contribution is 0.0599. The maximum Gasteiger partial charge on any atom is 0.122 e. The van der Waals surface area contributed by atoms with Gasteiger partial charge in [-0.1, -0.05) is 45.9 Å². The molecule has 0 radical (unpaired) electrons. The van der Waals surface area contributed by atoms with Crippen LogP contribution in [0.15, 0.2) is 24.3 Å². The smallest absolute Gasteiger partial charge is 0.122 e. The summed E-state index contributed by atoms with van der Waals surface area (Å²) in [5, 5.41) is 10.2. The lowest BCUT2D eigenvalue weighted by Crippen LogP contribution is -2.39. The van der Waals surface area contributed by atoms with Gasteiger partial charge in [-0.2, -0.15) is 0 Å². The van der Waals surface area contributed by atoms with Gasteiger partial charge in [0, 0.05) is 19.6 Å². The monoisotopic (exact) mass is 329 g/mol. The number of aliphatic hydroxyl groups excluding tert-OH is 1. The Balaban J connectivity index is 0.00000441. The van der Waals surface area contributed by atoms with Gasteiger partial charge in [0.05, 0.1) is 0 Å². The normalized spacial score (nSPS) is 12.6. The molecule has 1 aromatic rings. The Morgan fingerprint density at radius 1 is 1.00 bits per heavy atom. The summed E-state index contributed by atoms with van der Waals surface area (Å²) in [6.07, 6.45) is -0.456. The van der Waals surface area contributed by atoms with Crippen molar-refractivity contribution in [2.45, 2.75) is 40.7 Å². The largest absolute Gasteiger partial charge is 0.491 e. The van der Waals surface area contributed by atoms with Crippen molar-refractivity contribution in [1.82, 2.24) is 4.90 Å². The predicted molar refractivity (Wildman–Crippen MR) is 96.0 cm³/mol. The zero-order valence-corrected chi connectivity index (χ0v) is 15.4. The molecule has 0 bridgehead atoms. The zero-order chi connectivity index (χ0) is 15.8. The maximum atomic E-state index is 10.2. The van der Waals surface area contributed by atoms with Gasteiger partial charge in [-0.15, -0.1) is 12.4 Å². The summed E-state index contributed by atoms with van der Waals surface area (Å²) in [5.41, 5.74) is 1.10. The number of nitrogens with zero attached hydrogens (tertiary/aromatic N) is 1. The molecule has 0 amide bonds. The highest BCUT2D eigenvalue weighted by Gasteiger charge is 2.15. The van der Waals surface area contributed by atoms with Crippen molar-refractivity contribution in [3.05, 3.63) is 29.8 Å². The van der Waals surface area contributed by atoms with Crippen molar-refractivity contribution in [1.29, 1.82) is 0 Å². The average Bonchev–Trinajstić information content (AvgIpc) is 2.36. The number of aryl methyl sites for hydroxylation is 1. The van der Waals surface area contributed by atoms with Crippen molar-refractivity contribution in [2.24, 2.45) is 11.8 Å². The molecule has 1 rings (SSSR count). The van der Waals surface area contributed by atoms with E-state index in [9.17, 15) is 5.11 Å². The van der Waals surface area contributed by atoms with Crippen LogP contribution in [-0.4, -0.2) is 42.4 Å². The van der Waals surface area contributed by atoms with Crippen LogP contribution in [0.25, 0.3) is 0 Å². The highest BCUT2D eigenvalue weighted by molar-refractivity contribution is 5.85. The highest BCUT2D eigenvalue weighted by Crippen LogP contribution is 2.16. The Bertz CT molecular complexity index is 400. The quantitative estimate of drug-likeness (QED) is 0.748. The van der Waals surface area contributed by atoms with E-state index >= 15 is 0 Å². The molecule has 0 aliphatic heterocycles. The lowest BCUT2D eigenvalue weighted by Gasteiger charge is -2.28. The van der Waals surface area contributed by atoms with Crippen molar-refractivity contribution in [2.75, 3.05) is 26.2 Å². The molecule has 1 aromatic carbocycles. The van der Waals surface area contributed by atoms with Crippen LogP contribution in [-0.2, 0) is 0 Å².